The summed E-state index contributed by atoms with van der Waals surface area (Å²) in [5.41, 5.74) is 0.575. The van der Waals surface area contributed by atoms with E-state index in [0.717, 1.165) is 0 Å². The van der Waals surface area contributed by atoms with Crippen molar-refractivity contribution in [2.45, 2.75) is 6.92 Å². The van der Waals surface area contributed by atoms with E-state index >= 15 is 0 Å². The molecule has 5 nitrogen and oxygen atoms in total. The third-order valence-electron chi connectivity index (χ3n) is 1.87. The van der Waals surface area contributed by atoms with Gasteiger partial charge >= 0.3 is 6.03 Å². The molecular weight excluding hydrogens is 242 g/mol. The molecule has 1 rings (SSSR count). The van der Waals surface area contributed by atoms with Crippen LogP contribution in [0.3, 0.4) is 0 Å². The number of halogens is 1. The molecule has 0 saturated carbocycles. The molecule has 17 heavy (non-hydrogen) atoms. The number of benzene rings is 1. The number of nitrogens with one attached hydrogen (secondary N) is 3. The second kappa shape index (κ2) is 6.75. The molecule has 6 heteroatoms. The van der Waals surface area contributed by atoms with Gasteiger partial charge in [-0.3, -0.25) is 4.79 Å². The maximum absolute atomic E-state index is 11.4. The zero-order chi connectivity index (χ0) is 12.7. The Morgan fingerprint density at radius 2 is 2.06 bits per heavy atom. The third kappa shape index (κ3) is 5.21. The van der Waals surface area contributed by atoms with Gasteiger partial charge in [0, 0.05) is 17.3 Å². The van der Waals surface area contributed by atoms with Gasteiger partial charge < -0.3 is 16.0 Å². The van der Waals surface area contributed by atoms with E-state index in [1.165, 1.54) is 0 Å². The first-order valence-electron chi connectivity index (χ1n) is 5.19. The van der Waals surface area contributed by atoms with Crippen LogP contribution in [0, 0.1) is 0 Å². The molecule has 0 aliphatic carbocycles. The zero-order valence-corrected chi connectivity index (χ0v) is 10.2. The number of anilines is 1. The quantitative estimate of drug-likeness (QED) is 0.765. The molecule has 3 N–H and O–H groups in total. The van der Waals surface area contributed by atoms with Gasteiger partial charge in [0.15, 0.2) is 0 Å². The van der Waals surface area contributed by atoms with Crippen molar-refractivity contribution in [2.24, 2.45) is 0 Å². The molecule has 0 unspecified atom stereocenters. The molecule has 0 radical (unpaired) electrons. The van der Waals surface area contributed by atoms with Gasteiger partial charge in [0.25, 0.3) is 0 Å². The molecule has 0 aliphatic heterocycles. The average Bonchev–Trinajstić information content (AvgIpc) is 2.27. The van der Waals surface area contributed by atoms with E-state index in [1.54, 1.807) is 24.3 Å². The molecule has 0 bridgehead atoms. The van der Waals surface area contributed by atoms with Crippen LogP contribution in [0.25, 0.3) is 0 Å². The Morgan fingerprint density at radius 3 is 2.71 bits per heavy atom. The lowest BCUT2D eigenvalue weighted by molar-refractivity contribution is -0.119. The van der Waals surface area contributed by atoms with Crippen LogP contribution in [0.1, 0.15) is 6.92 Å². The van der Waals surface area contributed by atoms with Gasteiger partial charge in [0.05, 0.1) is 6.54 Å². The average molecular weight is 256 g/mol. The summed E-state index contributed by atoms with van der Waals surface area (Å²) in [6, 6.07) is 6.31. The second-order valence-electron chi connectivity index (χ2n) is 3.27. The molecule has 0 saturated heterocycles. The van der Waals surface area contributed by atoms with Crippen molar-refractivity contribution in [3.8, 4) is 0 Å². The van der Waals surface area contributed by atoms with Crippen molar-refractivity contribution in [1.82, 2.24) is 10.6 Å². The molecule has 3 amide bonds. The van der Waals surface area contributed by atoms with E-state index < -0.39 is 6.03 Å². The lowest BCUT2D eigenvalue weighted by Gasteiger charge is -2.07. The SMILES string of the molecule is CCNC(=O)CNC(=O)Nc1cccc(Cl)c1. The van der Waals surface area contributed by atoms with E-state index in [2.05, 4.69) is 16.0 Å². The molecule has 0 aromatic heterocycles. The summed E-state index contributed by atoms with van der Waals surface area (Å²) in [4.78, 5) is 22.5. The summed E-state index contributed by atoms with van der Waals surface area (Å²) in [6.45, 7) is 2.29. The van der Waals surface area contributed by atoms with E-state index in [9.17, 15) is 9.59 Å². The highest BCUT2D eigenvalue weighted by Gasteiger charge is 2.04. The fourth-order valence-corrected chi connectivity index (χ4v) is 1.35. The van der Waals surface area contributed by atoms with Gasteiger partial charge in [-0.1, -0.05) is 17.7 Å². The summed E-state index contributed by atoms with van der Waals surface area (Å²) in [6.07, 6.45) is 0. The number of hydrogen-bond acceptors (Lipinski definition) is 2. The Hall–Kier alpha value is -1.75. The van der Waals surface area contributed by atoms with Crippen LogP contribution in [0.5, 0.6) is 0 Å². The molecular formula is C11H14ClN3O2. The fourth-order valence-electron chi connectivity index (χ4n) is 1.16. The minimum absolute atomic E-state index is 0.0553. The second-order valence-corrected chi connectivity index (χ2v) is 3.71. The van der Waals surface area contributed by atoms with Gasteiger partial charge in [0.1, 0.15) is 0 Å². The van der Waals surface area contributed by atoms with Crippen LogP contribution >= 0.6 is 11.6 Å². The highest BCUT2D eigenvalue weighted by atomic mass is 35.5. The molecule has 0 aliphatic rings. The van der Waals surface area contributed by atoms with E-state index in [1.807, 2.05) is 6.92 Å². The number of likely N-dealkylation sites (N-methyl/N-ethyl adjacent to an activating group) is 1. The van der Waals surface area contributed by atoms with Gasteiger partial charge in [-0.25, -0.2) is 4.79 Å². The van der Waals surface area contributed by atoms with Crippen LogP contribution in [0.15, 0.2) is 24.3 Å². The Labute approximate surface area is 105 Å². The Morgan fingerprint density at radius 1 is 1.29 bits per heavy atom. The molecule has 0 fully saturated rings. The lowest BCUT2D eigenvalue weighted by Crippen LogP contribution is -2.38. The monoisotopic (exact) mass is 255 g/mol. The largest absolute Gasteiger partial charge is 0.355 e. The van der Waals surface area contributed by atoms with Crippen molar-refractivity contribution >= 4 is 29.2 Å². The first-order valence-corrected chi connectivity index (χ1v) is 5.56. The lowest BCUT2D eigenvalue weighted by atomic mass is 10.3. The first kappa shape index (κ1) is 13.3. The predicted molar refractivity (Wildman–Crippen MR) is 67.2 cm³/mol. The number of amides is 3. The Bertz CT molecular complexity index is 409. The summed E-state index contributed by atoms with van der Waals surface area (Å²) in [5.74, 6) is -0.228. The van der Waals surface area contributed by atoms with Crippen LogP contribution in [0.4, 0.5) is 10.5 Å². The van der Waals surface area contributed by atoms with Crippen LogP contribution in [-0.4, -0.2) is 25.0 Å². The molecule has 92 valence electrons. The van der Waals surface area contributed by atoms with Crippen molar-refractivity contribution in [2.75, 3.05) is 18.4 Å². The van der Waals surface area contributed by atoms with Crippen LogP contribution in [0.2, 0.25) is 5.02 Å². The van der Waals surface area contributed by atoms with E-state index in [0.29, 0.717) is 17.3 Å². The highest BCUT2D eigenvalue weighted by molar-refractivity contribution is 6.30. The minimum Gasteiger partial charge on any atom is -0.355 e. The standard InChI is InChI=1S/C11H14ClN3O2/c1-2-13-10(16)7-14-11(17)15-9-5-3-4-8(12)6-9/h3-6H,2,7H2,1H3,(H,13,16)(H2,14,15,17). The van der Waals surface area contributed by atoms with Gasteiger partial charge in [-0.05, 0) is 25.1 Å². The number of rotatable bonds is 4. The van der Waals surface area contributed by atoms with Crippen molar-refractivity contribution in [3.05, 3.63) is 29.3 Å². The maximum Gasteiger partial charge on any atom is 0.319 e. The summed E-state index contributed by atoms with van der Waals surface area (Å²) in [5, 5.41) is 8.10. The number of carbonyl (C=O) groups is 2. The topological polar surface area (TPSA) is 70.2 Å². The van der Waals surface area contributed by atoms with Crippen LogP contribution < -0.4 is 16.0 Å². The molecule has 0 heterocycles. The summed E-state index contributed by atoms with van der Waals surface area (Å²) in [7, 11) is 0. The summed E-state index contributed by atoms with van der Waals surface area (Å²) < 4.78 is 0. The maximum atomic E-state index is 11.4. The Balaban J connectivity index is 2.37. The smallest absolute Gasteiger partial charge is 0.319 e. The first-order chi connectivity index (χ1) is 8.11. The predicted octanol–water partition coefficient (Wildman–Crippen LogP) is 1.60. The van der Waals surface area contributed by atoms with Crippen molar-refractivity contribution in [1.29, 1.82) is 0 Å². The molecule has 1 aromatic rings. The molecule has 0 atom stereocenters. The van der Waals surface area contributed by atoms with Gasteiger partial charge in [0.2, 0.25) is 5.91 Å². The van der Waals surface area contributed by atoms with Gasteiger partial charge in [-0.2, -0.15) is 0 Å². The van der Waals surface area contributed by atoms with Crippen LogP contribution in [-0.2, 0) is 4.79 Å². The highest BCUT2D eigenvalue weighted by Crippen LogP contribution is 2.14. The number of hydrogen-bond donors (Lipinski definition) is 3. The third-order valence-corrected chi connectivity index (χ3v) is 2.10. The van der Waals surface area contributed by atoms with Crippen molar-refractivity contribution in [3.63, 3.8) is 0 Å². The van der Waals surface area contributed by atoms with E-state index in [4.69, 9.17) is 11.6 Å². The number of urea groups is 1. The van der Waals surface area contributed by atoms with Gasteiger partial charge in [-0.15, -0.1) is 0 Å². The Kier molecular flexibility index (Phi) is 5.29. The minimum atomic E-state index is -0.446. The van der Waals surface area contributed by atoms with E-state index in [-0.39, 0.29) is 12.5 Å². The zero-order valence-electron chi connectivity index (χ0n) is 9.42. The molecule has 1 aromatic carbocycles. The summed E-state index contributed by atoms with van der Waals surface area (Å²) >= 11 is 5.76. The normalized spacial score (nSPS) is 9.53. The van der Waals surface area contributed by atoms with Crippen molar-refractivity contribution < 1.29 is 9.59 Å². The fraction of sp³-hybridized carbons (Fsp3) is 0.273. The number of carbonyl (C=O) groups excluding carboxylic acids is 2. The molecule has 0 spiro atoms.